The fourth-order valence-corrected chi connectivity index (χ4v) is 4.61. The van der Waals surface area contributed by atoms with Crippen molar-refractivity contribution in [2.24, 2.45) is 5.92 Å². The Morgan fingerprint density at radius 3 is 2.13 bits per heavy atom. The van der Waals surface area contributed by atoms with Crippen LogP contribution >= 0.6 is 0 Å². The topological polar surface area (TPSA) is 104 Å². The van der Waals surface area contributed by atoms with Crippen LogP contribution in [0.1, 0.15) is 74.9 Å². The summed E-state index contributed by atoms with van der Waals surface area (Å²) in [6.07, 6.45) is 2.53. The lowest BCUT2D eigenvalue weighted by molar-refractivity contribution is -0.120. The van der Waals surface area contributed by atoms with Gasteiger partial charge in [-0.2, -0.15) is 0 Å². The second-order valence-electron chi connectivity index (χ2n) is 8.86. The average Bonchev–Trinajstić information content (AvgIpc) is 2.63. The molecule has 1 aliphatic carbocycles. The van der Waals surface area contributed by atoms with Crippen LogP contribution in [0.25, 0.3) is 0 Å². The molecule has 2 rings (SSSR count). The monoisotopic (exact) mass is 437 g/mol. The van der Waals surface area contributed by atoms with Crippen molar-refractivity contribution in [1.29, 1.82) is 0 Å². The van der Waals surface area contributed by atoms with Crippen LogP contribution in [0.2, 0.25) is 0 Å². The highest BCUT2D eigenvalue weighted by Gasteiger charge is 2.30. The van der Waals surface area contributed by atoms with E-state index in [4.69, 9.17) is 0 Å². The van der Waals surface area contributed by atoms with Crippen molar-refractivity contribution >= 4 is 27.5 Å². The number of rotatable bonds is 7. The zero-order valence-electron chi connectivity index (χ0n) is 18.8. The summed E-state index contributed by atoms with van der Waals surface area (Å²) in [5, 5.41) is 5.42. The Labute approximate surface area is 180 Å². The Morgan fingerprint density at radius 2 is 1.60 bits per heavy atom. The molecule has 0 aliphatic heterocycles. The van der Waals surface area contributed by atoms with E-state index < -0.39 is 15.3 Å². The smallest absolute Gasteiger partial charge is 0.251 e. The van der Waals surface area contributed by atoms with Crippen LogP contribution in [-0.4, -0.2) is 37.6 Å². The minimum absolute atomic E-state index is 0.0266. The summed E-state index contributed by atoms with van der Waals surface area (Å²) in [6, 6.07) is 3.61. The van der Waals surface area contributed by atoms with Crippen molar-refractivity contribution in [1.82, 2.24) is 10.0 Å². The second-order valence-corrected chi connectivity index (χ2v) is 11.1. The highest BCUT2D eigenvalue weighted by atomic mass is 32.2. The molecule has 0 radical (unpaired) electrons. The molecule has 30 heavy (non-hydrogen) atoms. The molecule has 0 saturated heterocycles. The molecule has 1 aromatic carbocycles. The minimum Gasteiger partial charge on any atom is -0.350 e. The molecule has 7 nitrogen and oxygen atoms in total. The van der Waals surface area contributed by atoms with Crippen molar-refractivity contribution in [2.45, 2.75) is 84.6 Å². The van der Waals surface area contributed by atoms with Gasteiger partial charge >= 0.3 is 0 Å². The van der Waals surface area contributed by atoms with Gasteiger partial charge in [-0.3, -0.25) is 9.59 Å². The Balaban J connectivity index is 2.04. The van der Waals surface area contributed by atoms with Crippen molar-refractivity contribution in [2.75, 3.05) is 5.32 Å². The maximum absolute atomic E-state index is 12.8. The lowest BCUT2D eigenvalue weighted by Gasteiger charge is -2.29. The van der Waals surface area contributed by atoms with Crippen LogP contribution < -0.4 is 15.4 Å². The quantitative estimate of drug-likeness (QED) is 0.609. The number of nitrogens with one attached hydrogen (secondary N) is 3. The van der Waals surface area contributed by atoms with Crippen LogP contribution in [0.15, 0.2) is 12.1 Å². The molecule has 2 amide bonds. The van der Waals surface area contributed by atoms with E-state index >= 15 is 0 Å². The van der Waals surface area contributed by atoms with Crippen LogP contribution in [0.5, 0.6) is 0 Å². The van der Waals surface area contributed by atoms with Gasteiger partial charge in [-0.05, 0) is 90.5 Å². The first-order valence-electron chi connectivity index (χ1n) is 10.6. The van der Waals surface area contributed by atoms with Crippen molar-refractivity contribution in [3.63, 3.8) is 0 Å². The van der Waals surface area contributed by atoms with E-state index in [0.29, 0.717) is 36.9 Å². The summed E-state index contributed by atoms with van der Waals surface area (Å²) < 4.78 is 26.9. The Bertz CT molecular complexity index is 886. The molecule has 3 N–H and O–H groups in total. The fourth-order valence-electron chi connectivity index (χ4n) is 3.64. The average molecular weight is 438 g/mol. The van der Waals surface area contributed by atoms with Gasteiger partial charge < -0.3 is 10.6 Å². The first-order valence-corrected chi connectivity index (χ1v) is 12.2. The molecule has 0 bridgehead atoms. The molecule has 8 heteroatoms. The molecule has 0 unspecified atom stereocenters. The number of hydrogen-bond donors (Lipinski definition) is 3. The number of hydrogen-bond acceptors (Lipinski definition) is 4. The van der Waals surface area contributed by atoms with Gasteiger partial charge in [0.1, 0.15) is 0 Å². The van der Waals surface area contributed by atoms with Gasteiger partial charge in [-0.25, -0.2) is 13.1 Å². The third-order valence-electron chi connectivity index (χ3n) is 5.52. The van der Waals surface area contributed by atoms with Crippen LogP contribution in [0.3, 0.4) is 0 Å². The van der Waals surface area contributed by atoms with E-state index in [1.807, 2.05) is 39.8 Å². The van der Waals surface area contributed by atoms with Gasteiger partial charge in [0.2, 0.25) is 15.9 Å². The van der Waals surface area contributed by atoms with Crippen molar-refractivity contribution < 1.29 is 18.0 Å². The first-order chi connectivity index (χ1) is 13.9. The normalized spacial score (nSPS) is 19.7. The third kappa shape index (κ3) is 6.28. The van der Waals surface area contributed by atoms with E-state index in [0.717, 1.165) is 11.1 Å². The fraction of sp³-hybridized carbons (Fsp3) is 0.636. The number of carbonyl (C=O) groups is 2. The Hall–Kier alpha value is -1.93. The number of benzene rings is 1. The molecule has 0 aromatic heterocycles. The number of sulfonamides is 1. The number of anilines is 1. The van der Waals surface area contributed by atoms with Gasteiger partial charge in [0, 0.05) is 29.3 Å². The molecule has 1 saturated carbocycles. The van der Waals surface area contributed by atoms with Gasteiger partial charge in [0.15, 0.2) is 0 Å². The van der Waals surface area contributed by atoms with E-state index in [1.54, 1.807) is 13.8 Å². The molecule has 1 aliphatic rings. The van der Waals surface area contributed by atoms with Crippen LogP contribution in [0, 0.1) is 19.8 Å². The van der Waals surface area contributed by atoms with Gasteiger partial charge in [-0.15, -0.1) is 0 Å². The maximum Gasteiger partial charge on any atom is 0.251 e. The van der Waals surface area contributed by atoms with Crippen LogP contribution in [-0.2, 0) is 14.8 Å². The summed E-state index contributed by atoms with van der Waals surface area (Å²) in [5.41, 5.74) is 2.85. The molecule has 168 valence electrons. The molecular weight excluding hydrogens is 402 g/mol. The summed E-state index contributed by atoms with van der Waals surface area (Å²) in [7, 11) is -3.30. The second kappa shape index (κ2) is 9.92. The van der Waals surface area contributed by atoms with Crippen LogP contribution in [0.4, 0.5) is 5.69 Å². The van der Waals surface area contributed by atoms with Gasteiger partial charge in [0.05, 0.1) is 5.25 Å². The lowest BCUT2D eigenvalue weighted by atomic mass is 9.86. The largest absolute Gasteiger partial charge is 0.350 e. The zero-order valence-corrected chi connectivity index (χ0v) is 19.7. The molecule has 0 spiro atoms. The van der Waals surface area contributed by atoms with E-state index in [-0.39, 0.29) is 29.8 Å². The molecule has 0 atom stereocenters. The predicted octanol–water partition coefficient (Wildman–Crippen LogP) is 3.27. The third-order valence-corrected chi connectivity index (χ3v) is 7.43. The molecule has 0 heterocycles. The molecular formula is C22H35N3O4S. The molecule has 1 fully saturated rings. The van der Waals surface area contributed by atoms with E-state index in [9.17, 15) is 18.0 Å². The van der Waals surface area contributed by atoms with Gasteiger partial charge in [-0.1, -0.05) is 0 Å². The van der Waals surface area contributed by atoms with Gasteiger partial charge in [0.25, 0.3) is 5.91 Å². The number of amides is 2. The number of aryl methyl sites for hydroxylation is 1. The zero-order chi connectivity index (χ0) is 22.6. The summed E-state index contributed by atoms with van der Waals surface area (Å²) in [4.78, 5) is 25.3. The maximum atomic E-state index is 12.8. The van der Waals surface area contributed by atoms with E-state index in [2.05, 4.69) is 15.4 Å². The van der Waals surface area contributed by atoms with Crippen molar-refractivity contribution in [3.8, 4) is 0 Å². The SMILES string of the molecule is Cc1cc(NC(=O)[C@H]2CC[C@H](NS(=O)(=O)C(C)C)CC2)c(C)c(C(=O)NC(C)C)c1. The standard InChI is InChI=1S/C22H35N3O4S/c1-13(2)23-22(27)19-11-15(5)12-20(16(19)6)24-21(26)17-7-9-18(10-8-17)25-30(28,29)14(3)4/h11-14,17-18,25H,7-10H2,1-6H3,(H,23,27)(H,24,26)/t17-,18-. The van der Waals surface area contributed by atoms with E-state index in [1.165, 1.54) is 0 Å². The minimum atomic E-state index is -3.30. The highest BCUT2D eigenvalue weighted by Crippen LogP contribution is 2.28. The first kappa shape index (κ1) is 24.3. The predicted molar refractivity (Wildman–Crippen MR) is 120 cm³/mol. The molecule has 1 aromatic rings. The lowest BCUT2D eigenvalue weighted by Crippen LogP contribution is -2.42. The summed E-state index contributed by atoms with van der Waals surface area (Å²) in [5.74, 6) is -0.401. The highest BCUT2D eigenvalue weighted by molar-refractivity contribution is 7.90. The Morgan fingerprint density at radius 1 is 1.00 bits per heavy atom. The number of carbonyl (C=O) groups excluding carboxylic acids is 2. The summed E-state index contributed by atoms with van der Waals surface area (Å²) in [6.45, 7) is 10.9. The Kier molecular flexibility index (Phi) is 8.05. The van der Waals surface area contributed by atoms with Crippen molar-refractivity contribution in [3.05, 3.63) is 28.8 Å². The summed E-state index contributed by atoms with van der Waals surface area (Å²) >= 11 is 0.